The maximum atomic E-state index is 12.7. The number of carbonyl (C=O) groups is 1. The van der Waals surface area contributed by atoms with Crippen molar-refractivity contribution in [1.29, 1.82) is 0 Å². The molecule has 0 aliphatic carbocycles. The molecule has 0 saturated heterocycles. The van der Waals surface area contributed by atoms with Crippen LogP contribution in [0.5, 0.6) is 0 Å². The quantitative estimate of drug-likeness (QED) is 0.616. The van der Waals surface area contributed by atoms with Crippen LogP contribution >= 0.6 is 11.8 Å². The van der Waals surface area contributed by atoms with Gasteiger partial charge in [-0.15, -0.1) is 11.8 Å². The van der Waals surface area contributed by atoms with Crippen molar-refractivity contribution in [2.75, 3.05) is 0 Å². The molecule has 0 N–H and O–H groups in total. The van der Waals surface area contributed by atoms with Gasteiger partial charge < -0.3 is 0 Å². The lowest BCUT2D eigenvalue weighted by molar-refractivity contribution is 0.111. The van der Waals surface area contributed by atoms with Gasteiger partial charge in [-0.25, -0.2) is 14.4 Å². The molecule has 0 atom stereocenters. The normalized spacial score (nSPS) is 10.2. The molecule has 2 aromatic rings. The summed E-state index contributed by atoms with van der Waals surface area (Å²) < 4.78 is 12.7. The first kappa shape index (κ1) is 11.7. The summed E-state index contributed by atoms with van der Waals surface area (Å²) in [7, 11) is 0. The fourth-order valence-electron chi connectivity index (χ4n) is 1.23. The first-order valence-corrected chi connectivity index (χ1v) is 5.92. The summed E-state index contributed by atoms with van der Waals surface area (Å²) in [6, 6.07) is 7.77. The van der Waals surface area contributed by atoms with Crippen LogP contribution in [-0.4, -0.2) is 16.3 Å². The molecule has 5 heteroatoms. The highest BCUT2D eigenvalue weighted by Crippen LogP contribution is 2.21. The van der Waals surface area contributed by atoms with Crippen molar-refractivity contribution in [3.05, 3.63) is 53.9 Å². The van der Waals surface area contributed by atoms with Gasteiger partial charge in [-0.2, -0.15) is 0 Å². The van der Waals surface area contributed by atoms with Crippen molar-refractivity contribution >= 4 is 18.0 Å². The van der Waals surface area contributed by atoms with Gasteiger partial charge in [0.05, 0.1) is 5.75 Å². The monoisotopic (exact) mass is 248 g/mol. The van der Waals surface area contributed by atoms with Crippen LogP contribution in [0.1, 0.15) is 16.3 Å². The van der Waals surface area contributed by atoms with E-state index in [-0.39, 0.29) is 5.82 Å². The second-order valence-electron chi connectivity index (χ2n) is 3.26. The molecular weight excluding hydrogens is 239 g/mol. The number of carbonyl (C=O) groups excluding carboxylic acids is 1. The zero-order chi connectivity index (χ0) is 12.1. The smallest absolute Gasteiger partial charge is 0.168 e. The molecule has 0 bridgehead atoms. The van der Waals surface area contributed by atoms with E-state index in [4.69, 9.17) is 0 Å². The van der Waals surface area contributed by atoms with Gasteiger partial charge in [-0.3, -0.25) is 4.79 Å². The Morgan fingerprint density at radius 3 is 2.71 bits per heavy atom. The maximum absolute atomic E-state index is 12.7. The zero-order valence-corrected chi connectivity index (χ0v) is 9.65. The fourth-order valence-corrected chi connectivity index (χ4v) is 1.99. The first-order chi connectivity index (χ1) is 8.28. The summed E-state index contributed by atoms with van der Waals surface area (Å²) in [4.78, 5) is 19.6. The molecular formula is C12H9FN2OS. The third kappa shape index (κ3) is 3.35. The number of benzene rings is 1. The summed E-state index contributed by atoms with van der Waals surface area (Å²) in [5.74, 6) is 0.880. The highest BCUT2D eigenvalue weighted by Gasteiger charge is 2.00. The SMILES string of the molecule is O=Cc1ccnc(CSc2ccc(F)cc2)n1. The van der Waals surface area contributed by atoms with Crippen molar-refractivity contribution < 1.29 is 9.18 Å². The van der Waals surface area contributed by atoms with Crippen molar-refractivity contribution in [2.45, 2.75) is 10.6 Å². The molecule has 0 spiro atoms. The van der Waals surface area contributed by atoms with E-state index in [9.17, 15) is 9.18 Å². The highest BCUT2D eigenvalue weighted by atomic mass is 32.2. The van der Waals surface area contributed by atoms with E-state index in [1.807, 2.05) is 0 Å². The Morgan fingerprint density at radius 1 is 1.24 bits per heavy atom. The van der Waals surface area contributed by atoms with Crippen LogP contribution in [0.4, 0.5) is 4.39 Å². The standard InChI is InChI=1S/C12H9FN2OS/c13-9-1-3-11(4-2-9)17-8-12-14-6-5-10(7-16)15-12/h1-7H,8H2. The molecule has 3 nitrogen and oxygen atoms in total. The minimum atomic E-state index is -0.256. The Hall–Kier alpha value is -1.75. The van der Waals surface area contributed by atoms with Gasteiger partial charge in [0, 0.05) is 11.1 Å². The Kier molecular flexibility index (Phi) is 3.82. The Labute approximate surface area is 102 Å². The molecule has 1 aromatic carbocycles. The van der Waals surface area contributed by atoms with Crippen molar-refractivity contribution in [3.8, 4) is 0 Å². The van der Waals surface area contributed by atoms with E-state index in [0.29, 0.717) is 23.6 Å². The molecule has 2 rings (SSSR count). The molecule has 0 aliphatic heterocycles. The third-order valence-electron chi connectivity index (χ3n) is 2.03. The number of rotatable bonds is 4. The Balaban J connectivity index is 2.01. The molecule has 0 fully saturated rings. The number of nitrogens with zero attached hydrogens (tertiary/aromatic N) is 2. The zero-order valence-electron chi connectivity index (χ0n) is 8.84. The van der Waals surface area contributed by atoms with Crippen LogP contribution in [0.15, 0.2) is 41.4 Å². The van der Waals surface area contributed by atoms with E-state index in [1.165, 1.54) is 23.9 Å². The average molecular weight is 248 g/mol. The van der Waals surface area contributed by atoms with Gasteiger partial charge in [-0.1, -0.05) is 0 Å². The lowest BCUT2D eigenvalue weighted by Crippen LogP contribution is -1.95. The van der Waals surface area contributed by atoms with E-state index < -0.39 is 0 Å². The molecule has 1 aromatic heterocycles. The van der Waals surface area contributed by atoms with E-state index in [0.717, 1.165) is 4.90 Å². The van der Waals surface area contributed by atoms with Crippen LogP contribution < -0.4 is 0 Å². The lowest BCUT2D eigenvalue weighted by Gasteiger charge is -2.01. The molecule has 0 aliphatic rings. The highest BCUT2D eigenvalue weighted by molar-refractivity contribution is 7.98. The van der Waals surface area contributed by atoms with Crippen LogP contribution in [0, 0.1) is 5.82 Å². The number of hydrogen-bond acceptors (Lipinski definition) is 4. The summed E-state index contributed by atoms with van der Waals surface area (Å²) in [5.41, 5.74) is 0.370. The Bertz CT molecular complexity index is 516. The average Bonchev–Trinajstić information content (AvgIpc) is 2.38. The summed E-state index contributed by atoms with van der Waals surface area (Å²) in [6.07, 6.45) is 2.24. The van der Waals surface area contributed by atoms with Gasteiger partial charge in [0.15, 0.2) is 6.29 Å². The summed E-state index contributed by atoms with van der Waals surface area (Å²) >= 11 is 1.49. The molecule has 17 heavy (non-hydrogen) atoms. The van der Waals surface area contributed by atoms with Gasteiger partial charge in [0.1, 0.15) is 17.3 Å². The van der Waals surface area contributed by atoms with Crippen molar-refractivity contribution in [2.24, 2.45) is 0 Å². The first-order valence-electron chi connectivity index (χ1n) is 4.93. The molecule has 0 saturated carbocycles. The minimum absolute atomic E-state index is 0.256. The number of thioether (sulfide) groups is 1. The fraction of sp³-hybridized carbons (Fsp3) is 0.0833. The van der Waals surface area contributed by atoms with Gasteiger partial charge in [-0.05, 0) is 30.3 Å². The third-order valence-corrected chi connectivity index (χ3v) is 3.04. The number of aromatic nitrogens is 2. The molecule has 1 heterocycles. The number of halogens is 1. The van der Waals surface area contributed by atoms with E-state index in [2.05, 4.69) is 9.97 Å². The van der Waals surface area contributed by atoms with Crippen LogP contribution in [0.3, 0.4) is 0 Å². The lowest BCUT2D eigenvalue weighted by atomic mass is 10.4. The van der Waals surface area contributed by atoms with E-state index >= 15 is 0 Å². The van der Waals surface area contributed by atoms with Crippen LogP contribution in [-0.2, 0) is 5.75 Å². The molecule has 0 amide bonds. The van der Waals surface area contributed by atoms with Gasteiger partial charge in [0.25, 0.3) is 0 Å². The topological polar surface area (TPSA) is 42.9 Å². The second kappa shape index (κ2) is 5.54. The summed E-state index contributed by atoms with van der Waals surface area (Å²) in [5, 5.41) is 0. The number of hydrogen-bond donors (Lipinski definition) is 0. The molecule has 86 valence electrons. The van der Waals surface area contributed by atoms with Crippen molar-refractivity contribution in [1.82, 2.24) is 9.97 Å². The minimum Gasteiger partial charge on any atom is -0.296 e. The van der Waals surface area contributed by atoms with Crippen LogP contribution in [0.25, 0.3) is 0 Å². The predicted octanol–water partition coefficient (Wildman–Crippen LogP) is 2.72. The summed E-state index contributed by atoms with van der Waals surface area (Å²) in [6.45, 7) is 0. The second-order valence-corrected chi connectivity index (χ2v) is 4.31. The molecule has 0 unspecified atom stereocenters. The maximum Gasteiger partial charge on any atom is 0.168 e. The molecule has 0 radical (unpaired) electrons. The predicted molar refractivity (Wildman–Crippen MR) is 63.4 cm³/mol. The van der Waals surface area contributed by atoms with Crippen LogP contribution in [0.2, 0.25) is 0 Å². The van der Waals surface area contributed by atoms with E-state index in [1.54, 1.807) is 24.4 Å². The van der Waals surface area contributed by atoms with Crippen molar-refractivity contribution in [3.63, 3.8) is 0 Å². The Morgan fingerprint density at radius 2 is 2.00 bits per heavy atom. The van der Waals surface area contributed by atoms with Gasteiger partial charge in [0.2, 0.25) is 0 Å². The van der Waals surface area contributed by atoms with Gasteiger partial charge >= 0.3 is 0 Å². The largest absolute Gasteiger partial charge is 0.296 e. The number of aldehydes is 1.